The van der Waals surface area contributed by atoms with E-state index in [1.54, 1.807) is 17.0 Å². The number of carbonyl (C=O) groups excluding carboxylic acids is 3. The lowest BCUT2D eigenvalue weighted by Gasteiger charge is -2.36. The van der Waals surface area contributed by atoms with Gasteiger partial charge in [0.15, 0.2) is 0 Å². The Hall–Kier alpha value is -3.49. The first-order chi connectivity index (χ1) is 17.0. The summed E-state index contributed by atoms with van der Waals surface area (Å²) in [5.74, 6) is -1.16. The minimum Gasteiger partial charge on any atom is -0.378 e. The Morgan fingerprint density at radius 2 is 1.37 bits per heavy atom. The van der Waals surface area contributed by atoms with E-state index in [1.807, 2.05) is 42.5 Å². The van der Waals surface area contributed by atoms with E-state index >= 15 is 0 Å². The molecule has 2 saturated heterocycles. The van der Waals surface area contributed by atoms with Gasteiger partial charge in [-0.05, 0) is 18.2 Å². The van der Waals surface area contributed by atoms with Crippen molar-refractivity contribution >= 4 is 40.2 Å². The van der Waals surface area contributed by atoms with Crippen molar-refractivity contribution in [2.24, 2.45) is 0 Å². The van der Waals surface area contributed by atoms with E-state index in [0.29, 0.717) is 74.3 Å². The lowest BCUT2D eigenvalue weighted by atomic mass is 10.0. The van der Waals surface area contributed by atoms with Crippen LogP contribution in [-0.2, 0) is 14.3 Å². The van der Waals surface area contributed by atoms with Gasteiger partial charge in [0.25, 0.3) is 5.91 Å². The second-order valence-electron chi connectivity index (χ2n) is 8.54. The number of fused-ring (bicyclic) bond motifs is 1. The van der Waals surface area contributed by atoms with Crippen LogP contribution >= 0.6 is 11.6 Å². The number of piperazine rings is 1. The van der Waals surface area contributed by atoms with Crippen LogP contribution < -0.4 is 0 Å². The molecule has 5 rings (SSSR count). The number of ether oxygens (including phenoxy) is 1. The van der Waals surface area contributed by atoms with Gasteiger partial charge in [0, 0.05) is 55.2 Å². The number of para-hydroxylation sites is 1. The molecule has 0 bridgehead atoms. The van der Waals surface area contributed by atoms with E-state index in [1.165, 1.54) is 9.80 Å². The van der Waals surface area contributed by atoms with Crippen molar-refractivity contribution in [3.05, 3.63) is 65.2 Å². The maximum atomic E-state index is 13.6. The number of aromatic nitrogens is 1. The van der Waals surface area contributed by atoms with Crippen molar-refractivity contribution in [1.29, 1.82) is 0 Å². The molecule has 0 unspecified atom stereocenters. The lowest BCUT2D eigenvalue weighted by Crippen LogP contribution is -2.55. The first-order valence-electron chi connectivity index (χ1n) is 11.6. The molecule has 2 aliphatic heterocycles. The van der Waals surface area contributed by atoms with Gasteiger partial charge in [0.05, 0.1) is 30.0 Å². The van der Waals surface area contributed by atoms with Crippen molar-refractivity contribution in [1.82, 2.24) is 19.7 Å². The summed E-state index contributed by atoms with van der Waals surface area (Å²) < 4.78 is 5.26. The van der Waals surface area contributed by atoms with Gasteiger partial charge in [0.1, 0.15) is 0 Å². The highest BCUT2D eigenvalue weighted by Crippen LogP contribution is 2.30. The van der Waals surface area contributed by atoms with Crippen molar-refractivity contribution in [2.75, 3.05) is 52.5 Å². The Bertz CT molecular complexity index is 1280. The summed E-state index contributed by atoms with van der Waals surface area (Å²) >= 11 is 6.41. The molecule has 0 atom stereocenters. The van der Waals surface area contributed by atoms with Gasteiger partial charge >= 0.3 is 11.8 Å². The largest absolute Gasteiger partial charge is 0.378 e. The van der Waals surface area contributed by atoms with Crippen LogP contribution in [-0.4, -0.2) is 89.9 Å². The highest BCUT2D eigenvalue weighted by Gasteiger charge is 2.32. The monoisotopic (exact) mass is 492 g/mol. The molecule has 0 spiro atoms. The van der Waals surface area contributed by atoms with Crippen LogP contribution in [0.4, 0.5) is 0 Å². The molecule has 0 saturated carbocycles. The number of nitrogens with zero attached hydrogens (tertiary/aromatic N) is 4. The number of pyridine rings is 1. The van der Waals surface area contributed by atoms with Gasteiger partial charge < -0.3 is 19.4 Å². The second-order valence-corrected chi connectivity index (χ2v) is 8.95. The van der Waals surface area contributed by atoms with E-state index in [9.17, 15) is 14.4 Å². The molecule has 180 valence electrons. The summed E-state index contributed by atoms with van der Waals surface area (Å²) in [7, 11) is 0. The van der Waals surface area contributed by atoms with Crippen molar-refractivity contribution in [3.63, 3.8) is 0 Å². The SMILES string of the molecule is O=C(C(=O)N1CCN(C(=O)c2cc(-c3ccccc3Cl)nc3ccccc23)CC1)N1CCOCC1. The van der Waals surface area contributed by atoms with Gasteiger partial charge in [-0.25, -0.2) is 4.98 Å². The highest BCUT2D eigenvalue weighted by molar-refractivity contribution is 6.35. The van der Waals surface area contributed by atoms with E-state index in [-0.39, 0.29) is 5.91 Å². The molecule has 0 radical (unpaired) electrons. The summed E-state index contributed by atoms with van der Waals surface area (Å²) in [5.41, 5.74) is 2.63. The zero-order chi connectivity index (χ0) is 24.4. The standard InChI is InChI=1S/C26H25ClN4O4/c27-21-7-3-1-6-19(21)23-17-20(18-5-2-4-8-22(18)28-23)24(32)29-9-11-30(12-10-29)25(33)26(34)31-13-15-35-16-14-31/h1-8,17H,9-16H2. The van der Waals surface area contributed by atoms with Crippen LogP contribution in [0.3, 0.4) is 0 Å². The number of carbonyl (C=O) groups is 3. The fraction of sp³-hybridized carbons (Fsp3) is 0.308. The topological polar surface area (TPSA) is 83.1 Å². The molecular formula is C26H25ClN4O4. The molecule has 3 aromatic rings. The average molecular weight is 493 g/mol. The molecule has 3 heterocycles. The normalized spacial score (nSPS) is 16.4. The first-order valence-corrected chi connectivity index (χ1v) is 12.0. The third-order valence-electron chi connectivity index (χ3n) is 6.43. The predicted molar refractivity (Wildman–Crippen MR) is 132 cm³/mol. The van der Waals surface area contributed by atoms with Gasteiger partial charge in [-0.15, -0.1) is 0 Å². The third kappa shape index (κ3) is 4.72. The summed E-state index contributed by atoms with van der Waals surface area (Å²) in [6.07, 6.45) is 0. The molecule has 35 heavy (non-hydrogen) atoms. The zero-order valence-electron chi connectivity index (χ0n) is 19.2. The van der Waals surface area contributed by atoms with Crippen LogP contribution in [0.25, 0.3) is 22.2 Å². The molecule has 1 aromatic heterocycles. The van der Waals surface area contributed by atoms with E-state index < -0.39 is 11.8 Å². The number of benzene rings is 2. The van der Waals surface area contributed by atoms with E-state index in [2.05, 4.69) is 0 Å². The number of hydrogen-bond acceptors (Lipinski definition) is 5. The minimum absolute atomic E-state index is 0.136. The first kappa shape index (κ1) is 23.3. The molecule has 2 aliphatic rings. The Morgan fingerprint density at radius 1 is 0.771 bits per heavy atom. The summed E-state index contributed by atoms with van der Waals surface area (Å²) in [4.78, 5) is 48.4. The third-order valence-corrected chi connectivity index (χ3v) is 6.76. The minimum atomic E-state index is -0.519. The summed E-state index contributed by atoms with van der Waals surface area (Å²) in [6, 6.07) is 16.7. The number of morpholine rings is 1. The molecule has 8 nitrogen and oxygen atoms in total. The molecular weight excluding hydrogens is 468 g/mol. The molecule has 2 fully saturated rings. The Kier molecular flexibility index (Phi) is 6.66. The predicted octanol–water partition coefficient (Wildman–Crippen LogP) is 2.70. The lowest BCUT2D eigenvalue weighted by molar-refractivity contribution is -0.154. The zero-order valence-corrected chi connectivity index (χ0v) is 19.9. The van der Waals surface area contributed by atoms with E-state index in [4.69, 9.17) is 21.3 Å². The fourth-order valence-electron chi connectivity index (χ4n) is 4.48. The maximum absolute atomic E-state index is 13.6. The molecule has 0 N–H and O–H groups in total. The fourth-order valence-corrected chi connectivity index (χ4v) is 4.71. The molecule has 2 aromatic carbocycles. The van der Waals surface area contributed by atoms with Crippen molar-refractivity contribution in [3.8, 4) is 11.3 Å². The summed E-state index contributed by atoms with van der Waals surface area (Å²) in [6.45, 7) is 3.03. The van der Waals surface area contributed by atoms with Gasteiger partial charge in [0.2, 0.25) is 0 Å². The molecule has 9 heteroatoms. The van der Waals surface area contributed by atoms with Crippen LogP contribution in [0.15, 0.2) is 54.6 Å². The van der Waals surface area contributed by atoms with Gasteiger partial charge in [-0.1, -0.05) is 48.0 Å². The van der Waals surface area contributed by atoms with Crippen molar-refractivity contribution < 1.29 is 19.1 Å². The number of hydrogen-bond donors (Lipinski definition) is 0. The maximum Gasteiger partial charge on any atom is 0.312 e. The molecule has 3 amide bonds. The Labute approximate surface area is 208 Å². The quantitative estimate of drug-likeness (QED) is 0.514. The Balaban J connectivity index is 1.35. The smallest absolute Gasteiger partial charge is 0.312 e. The summed E-state index contributed by atoms with van der Waals surface area (Å²) in [5, 5.41) is 1.32. The second kappa shape index (κ2) is 10.0. The van der Waals surface area contributed by atoms with Gasteiger partial charge in [-0.2, -0.15) is 0 Å². The van der Waals surface area contributed by atoms with E-state index in [0.717, 1.165) is 10.9 Å². The van der Waals surface area contributed by atoms with Crippen LogP contribution in [0.5, 0.6) is 0 Å². The molecule has 0 aliphatic carbocycles. The number of rotatable bonds is 2. The number of amides is 3. The van der Waals surface area contributed by atoms with Crippen LogP contribution in [0.1, 0.15) is 10.4 Å². The van der Waals surface area contributed by atoms with Crippen molar-refractivity contribution in [2.45, 2.75) is 0 Å². The van der Waals surface area contributed by atoms with Crippen LogP contribution in [0, 0.1) is 0 Å². The van der Waals surface area contributed by atoms with Gasteiger partial charge in [-0.3, -0.25) is 14.4 Å². The average Bonchev–Trinajstić information content (AvgIpc) is 2.92. The number of halogens is 1. The van der Waals surface area contributed by atoms with Crippen LogP contribution in [0.2, 0.25) is 5.02 Å². The highest BCUT2D eigenvalue weighted by atomic mass is 35.5. The Morgan fingerprint density at radius 3 is 2.09 bits per heavy atom.